The molecule has 1 aliphatic heterocycles. The largest absolute Gasteiger partial charge is 0.309 e. The second-order valence-corrected chi connectivity index (χ2v) is 7.23. The molecule has 2 aromatic heterocycles. The van der Waals surface area contributed by atoms with E-state index in [0.717, 1.165) is 36.9 Å². The number of amides is 1. The number of nitrogens with one attached hydrogen (secondary N) is 1. The Balaban J connectivity index is 1.59. The molecule has 1 amide bonds. The molecule has 3 rings (SSSR count). The molecule has 0 saturated carbocycles. The number of likely N-dealkylation sites (tertiary alicyclic amines) is 1. The van der Waals surface area contributed by atoms with Gasteiger partial charge < -0.3 is 9.88 Å². The van der Waals surface area contributed by atoms with Crippen molar-refractivity contribution in [1.29, 1.82) is 0 Å². The van der Waals surface area contributed by atoms with Crippen LogP contribution in [0, 0.1) is 0 Å². The van der Waals surface area contributed by atoms with Crippen LogP contribution >= 0.6 is 23.1 Å². The van der Waals surface area contributed by atoms with Crippen molar-refractivity contribution < 1.29 is 4.79 Å². The first-order chi connectivity index (χ1) is 11.2. The van der Waals surface area contributed by atoms with Gasteiger partial charge in [-0.05, 0) is 25.6 Å². The van der Waals surface area contributed by atoms with Gasteiger partial charge in [-0.3, -0.25) is 9.69 Å². The highest BCUT2D eigenvalue weighted by Gasteiger charge is 2.26. The molecule has 3 heterocycles. The minimum Gasteiger partial charge on any atom is -0.309 e. The Morgan fingerprint density at radius 1 is 1.52 bits per heavy atom. The lowest BCUT2D eigenvalue weighted by Crippen LogP contribution is -2.40. The third-order valence-corrected chi connectivity index (χ3v) is 5.38. The van der Waals surface area contributed by atoms with Gasteiger partial charge in [-0.2, -0.15) is 0 Å². The normalized spacial score (nSPS) is 19.0. The minimum absolute atomic E-state index is 0.0108. The first kappa shape index (κ1) is 16.4. The molecule has 1 N–H and O–H groups in total. The predicted molar refractivity (Wildman–Crippen MR) is 91.9 cm³/mol. The van der Waals surface area contributed by atoms with Crippen LogP contribution in [0.2, 0.25) is 0 Å². The number of rotatable bonds is 5. The fourth-order valence-corrected chi connectivity index (χ4v) is 3.95. The molecule has 0 radical (unpaired) electrons. The molecule has 2 aromatic rings. The van der Waals surface area contributed by atoms with E-state index >= 15 is 0 Å². The van der Waals surface area contributed by atoms with Crippen LogP contribution in [0.15, 0.2) is 16.7 Å². The van der Waals surface area contributed by atoms with Crippen molar-refractivity contribution in [3.8, 4) is 0 Å². The smallest absolute Gasteiger partial charge is 0.240 e. The maximum atomic E-state index is 12.1. The molecule has 1 aliphatic rings. The Hall–Kier alpha value is -1.45. The molecule has 0 aliphatic carbocycles. The van der Waals surface area contributed by atoms with Crippen LogP contribution < -0.4 is 5.32 Å². The van der Waals surface area contributed by atoms with Gasteiger partial charge in [0.1, 0.15) is 5.82 Å². The summed E-state index contributed by atoms with van der Waals surface area (Å²) in [7, 11) is 2.01. The zero-order valence-corrected chi connectivity index (χ0v) is 14.9. The van der Waals surface area contributed by atoms with Gasteiger partial charge in [-0.1, -0.05) is 11.8 Å². The van der Waals surface area contributed by atoms with Crippen LogP contribution in [0.1, 0.15) is 24.6 Å². The van der Waals surface area contributed by atoms with E-state index in [1.165, 1.54) is 11.3 Å². The second-order valence-electron chi connectivity index (χ2n) is 5.56. The van der Waals surface area contributed by atoms with E-state index in [4.69, 9.17) is 0 Å². The SMILES string of the molecule is CSc1nnc([C@H]2CCCN(CC(=O)Nc3nccs3)C2)n1C. The molecule has 23 heavy (non-hydrogen) atoms. The monoisotopic (exact) mass is 352 g/mol. The lowest BCUT2D eigenvalue weighted by molar-refractivity contribution is -0.117. The van der Waals surface area contributed by atoms with Crippen molar-refractivity contribution in [1.82, 2.24) is 24.6 Å². The molecule has 124 valence electrons. The maximum Gasteiger partial charge on any atom is 0.240 e. The van der Waals surface area contributed by atoms with E-state index in [2.05, 4.69) is 30.0 Å². The van der Waals surface area contributed by atoms with Crippen LogP contribution in [0.3, 0.4) is 0 Å². The Bertz CT molecular complexity index is 656. The number of piperidine rings is 1. The highest BCUT2D eigenvalue weighted by molar-refractivity contribution is 7.98. The summed E-state index contributed by atoms with van der Waals surface area (Å²) in [5.41, 5.74) is 0. The number of carbonyl (C=O) groups excluding carboxylic acids is 1. The van der Waals surface area contributed by atoms with Crippen molar-refractivity contribution in [3.05, 3.63) is 17.4 Å². The van der Waals surface area contributed by atoms with Crippen LogP contribution in [0.25, 0.3) is 0 Å². The van der Waals surface area contributed by atoms with Crippen molar-refractivity contribution >= 4 is 34.1 Å². The Labute approximate surface area is 143 Å². The molecule has 1 fully saturated rings. The molecule has 0 unspecified atom stereocenters. The number of aromatic nitrogens is 4. The fraction of sp³-hybridized carbons (Fsp3) is 0.571. The fourth-order valence-electron chi connectivity index (χ4n) is 2.92. The van der Waals surface area contributed by atoms with E-state index in [-0.39, 0.29) is 5.91 Å². The van der Waals surface area contributed by atoms with E-state index in [1.54, 1.807) is 18.0 Å². The summed E-state index contributed by atoms with van der Waals surface area (Å²) in [5.74, 6) is 1.33. The third kappa shape index (κ3) is 3.91. The van der Waals surface area contributed by atoms with Gasteiger partial charge >= 0.3 is 0 Å². The molecule has 0 bridgehead atoms. The summed E-state index contributed by atoms with van der Waals surface area (Å²) in [6, 6.07) is 0. The first-order valence-corrected chi connectivity index (χ1v) is 9.62. The van der Waals surface area contributed by atoms with Gasteiger partial charge in [-0.15, -0.1) is 21.5 Å². The predicted octanol–water partition coefficient (Wildman–Crippen LogP) is 1.81. The average molecular weight is 352 g/mol. The van der Waals surface area contributed by atoms with Gasteiger partial charge in [-0.25, -0.2) is 4.98 Å². The van der Waals surface area contributed by atoms with E-state index in [1.807, 2.05) is 18.7 Å². The number of thiazole rings is 1. The zero-order valence-electron chi connectivity index (χ0n) is 13.2. The standard InChI is InChI=1S/C14H20N6OS2/c1-19-12(17-18-14(19)22-2)10-4-3-6-20(8-10)9-11(21)16-13-15-5-7-23-13/h5,7,10H,3-4,6,8-9H2,1-2H3,(H,15,16,21)/t10-/m0/s1. The van der Waals surface area contributed by atoms with E-state index < -0.39 is 0 Å². The Kier molecular flexibility index (Phi) is 5.29. The minimum atomic E-state index is -0.0108. The molecule has 0 spiro atoms. The molecule has 9 heteroatoms. The third-order valence-electron chi connectivity index (χ3n) is 3.97. The van der Waals surface area contributed by atoms with Crippen LogP contribution in [-0.2, 0) is 11.8 Å². The van der Waals surface area contributed by atoms with Crippen molar-refractivity contribution in [2.45, 2.75) is 23.9 Å². The van der Waals surface area contributed by atoms with Crippen LogP contribution in [-0.4, -0.2) is 56.4 Å². The van der Waals surface area contributed by atoms with E-state index in [9.17, 15) is 4.79 Å². The van der Waals surface area contributed by atoms with Gasteiger partial charge in [0.2, 0.25) is 5.91 Å². The van der Waals surface area contributed by atoms with Crippen molar-refractivity contribution in [2.75, 3.05) is 31.2 Å². The summed E-state index contributed by atoms with van der Waals surface area (Å²) in [6.07, 6.45) is 5.85. The topological polar surface area (TPSA) is 75.9 Å². The summed E-state index contributed by atoms with van der Waals surface area (Å²) in [5, 5.41) is 14.8. The first-order valence-electron chi connectivity index (χ1n) is 7.52. The molecule has 1 atom stereocenters. The summed E-state index contributed by atoms with van der Waals surface area (Å²) in [6.45, 7) is 2.17. The quantitative estimate of drug-likeness (QED) is 0.827. The molecular weight excluding hydrogens is 332 g/mol. The number of thioether (sulfide) groups is 1. The lowest BCUT2D eigenvalue weighted by atomic mass is 9.97. The summed E-state index contributed by atoms with van der Waals surface area (Å²) < 4.78 is 2.06. The summed E-state index contributed by atoms with van der Waals surface area (Å²) in [4.78, 5) is 18.4. The number of hydrogen-bond acceptors (Lipinski definition) is 7. The van der Waals surface area contributed by atoms with Gasteiger partial charge in [0, 0.05) is 31.1 Å². The number of hydrogen-bond donors (Lipinski definition) is 1. The Morgan fingerprint density at radius 2 is 2.39 bits per heavy atom. The Morgan fingerprint density at radius 3 is 3.09 bits per heavy atom. The molecule has 1 saturated heterocycles. The number of carbonyl (C=O) groups is 1. The van der Waals surface area contributed by atoms with Crippen LogP contribution in [0.4, 0.5) is 5.13 Å². The van der Waals surface area contributed by atoms with Gasteiger partial charge in [0.05, 0.1) is 6.54 Å². The molecule has 7 nitrogen and oxygen atoms in total. The van der Waals surface area contributed by atoms with Gasteiger partial charge in [0.15, 0.2) is 10.3 Å². The zero-order chi connectivity index (χ0) is 16.2. The van der Waals surface area contributed by atoms with Gasteiger partial charge in [0.25, 0.3) is 0 Å². The lowest BCUT2D eigenvalue weighted by Gasteiger charge is -2.31. The van der Waals surface area contributed by atoms with Crippen LogP contribution in [0.5, 0.6) is 0 Å². The number of nitrogens with zero attached hydrogens (tertiary/aromatic N) is 5. The van der Waals surface area contributed by atoms with Crippen molar-refractivity contribution in [2.24, 2.45) is 7.05 Å². The molecular formula is C14H20N6OS2. The van der Waals surface area contributed by atoms with E-state index in [0.29, 0.717) is 17.6 Å². The maximum absolute atomic E-state index is 12.1. The van der Waals surface area contributed by atoms with Crippen molar-refractivity contribution in [3.63, 3.8) is 0 Å². The number of anilines is 1. The summed E-state index contributed by atoms with van der Waals surface area (Å²) >= 11 is 3.03. The average Bonchev–Trinajstić information content (AvgIpc) is 3.16. The molecule has 0 aromatic carbocycles. The highest BCUT2D eigenvalue weighted by Crippen LogP contribution is 2.27. The highest BCUT2D eigenvalue weighted by atomic mass is 32.2. The second kappa shape index (κ2) is 7.41.